The van der Waals surface area contributed by atoms with Crippen molar-refractivity contribution in [2.75, 3.05) is 6.54 Å². The monoisotopic (exact) mass is 264 g/mol. The molecule has 3 heteroatoms. The summed E-state index contributed by atoms with van der Waals surface area (Å²) in [5, 5.41) is 0. The summed E-state index contributed by atoms with van der Waals surface area (Å²) < 4.78 is 0. The highest BCUT2D eigenvalue weighted by Crippen LogP contribution is 2.37. The van der Waals surface area contributed by atoms with Gasteiger partial charge in [0.1, 0.15) is 0 Å². The fourth-order valence-corrected chi connectivity index (χ4v) is 4.52. The van der Waals surface area contributed by atoms with Gasteiger partial charge in [-0.05, 0) is 63.2 Å². The van der Waals surface area contributed by atoms with Crippen molar-refractivity contribution in [2.45, 2.75) is 76.3 Å². The summed E-state index contributed by atoms with van der Waals surface area (Å²) >= 11 is 0. The largest absolute Gasteiger partial charge is 0.339 e. The Labute approximate surface area is 116 Å². The van der Waals surface area contributed by atoms with E-state index in [1.165, 1.54) is 32.1 Å². The van der Waals surface area contributed by atoms with Gasteiger partial charge in [0.2, 0.25) is 5.91 Å². The van der Waals surface area contributed by atoms with Crippen LogP contribution in [-0.2, 0) is 4.79 Å². The van der Waals surface area contributed by atoms with Gasteiger partial charge in [0.05, 0.1) is 0 Å². The number of piperidine rings is 1. The second-order valence-corrected chi connectivity index (χ2v) is 6.97. The molecule has 1 saturated heterocycles. The number of likely N-dealkylation sites (tertiary alicyclic amines) is 1. The first kappa shape index (κ1) is 13.4. The quantitative estimate of drug-likeness (QED) is 0.833. The van der Waals surface area contributed by atoms with Gasteiger partial charge in [-0.2, -0.15) is 0 Å². The molecule has 2 N–H and O–H groups in total. The third-order valence-corrected chi connectivity index (χ3v) is 5.67. The van der Waals surface area contributed by atoms with E-state index in [1.807, 2.05) is 0 Å². The number of amides is 1. The lowest BCUT2D eigenvalue weighted by atomic mass is 9.83. The van der Waals surface area contributed by atoms with Crippen molar-refractivity contribution in [3.63, 3.8) is 0 Å². The summed E-state index contributed by atoms with van der Waals surface area (Å²) in [4.78, 5) is 14.8. The Bertz CT molecular complexity index is 323. The van der Waals surface area contributed by atoms with Crippen molar-refractivity contribution in [3.8, 4) is 0 Å². The van der Waals surface area contributed by atoms with E-state index in [1.54, 1.807) is 0 Å². The van der Waals surface area contributed by atoms with Gasteiger partial charge in [0, 0.05) is 25.0 Å². The third-order valence-electron chi connectivity index (χ3n) is 5.67. The second-order valence-electron chi connectivity index (χ2n) is 6.97. The summed E-state index contributed by atoms with van der Waals surface area (Å²) in [6.45, 7) is 1.02. The average Bonchev–Trinajstić information content (AvgIpc) is 2.89. The van der Waals surface area contributed by atoms with Crippen LogP contribution >= 0.6 is 0 Å². The molecule has 1 heterocycles. The minimum Gasteiger partial charge on any atom is -0.339 e. The van der Waals surface area contributed by atoms with Gasteiger partial charge in [-0.25, -0.2) is 0 Å². The number of nitrogens with zero attached hydrogens (tertiary/aromatic N) is 1. The lowest BCUT2D eigenvalue weighted by Crippen LogP contribution is -2.46. The molecule has 108 valence electrons. The van der Waals surface area contributed by atoms with Gasteiger partial charge in [-0.1, -0.05) is 6.42 Å². The zero-order chi connectivity index (χ0) is 13.2. The number of rotatable bonds is 2. The van der Waals surface area contributed by atoms with Gasteiger partial charge in [-0.15, -0.1) is 0 Å². The number of hydrogen-bond acceptors (Lipinski definition) is 2. The molecule has 2 unspecified atom stereocenters. The van der Waals surface area contributed by atoms with E-state index in [0.717, 1.165) is 44.6 Å². The van der Waals surface area contributed by atoms with Gasteiger partial charge in [0.15, 0.2) is 0 Å². The van der Waals surface area contributed by atoms with Crippen molar-refractivity contribution in [1.82, 2.24) is 4.90 Å². The highest BCUT2D eigenvalue weighted by molar-refractivity contribution is 5.77. The summed E-state index contributed by atoms with van der Waals surface area (Å²) in [7, 11) is 0. The molecule has 2 saturated carbocycles. The molecule has 0 radical (unpaired) electrons. The topological polar surface area (TPSA) is 46.3 Å². The molecule has 0 aromatic carbocycles. The van der Waals surface area contributed by atoms with E-state index in [4.69, 9.17) is 5.73 Å². The molecule has 0 aromatic rings. The highest BCUT2D eigenvalue weighted by Gasteiger charge is 2.37. The maximum absolute atomic E-state index is 12.6. The first-order valence-electron chi connectivity index (χ1n) is 8.29. The van der Waals surface area contributed by atoms with Crippen LogP contribution in [0.1, 0.15) is 64.2 Å². The Balaban J connectivity index is 1.54. The van der Waals surface area contributed by atoms with E-state index in [2.05, 4.69) is 4.90 Å². The van der Waals surface area contributed by atoms with Gasteiger partial charge < -0.3 is 10.6 Å². The Kier molecular flexibility index (Phi) is 4.11. The normalized spacial score (nSPS) is 39.1. The average molecular weight is 264 g/mol. The number of carbonyl (C=O) groups is 1. The first-order valence-corrected chi connectivity index (χ1v) is 8.29. The van der Waals surface area contributed by atoms with Crippen LogP contribution in [0.15, 0.2) is 0 Å². The maximum Gasteiger partial charge on any atom is 0.223 e. The zero-order valence-corrected chi connectivity index (χ0v) is 12.0. The van der Waals surface area contributed by atoms with Crippen LogP contribution in [0.5, 0.6) is 0 Å². The third kappa shape index (κ3) is 2.96. The fourth-order valence-electron chi connectivity index (χ4n) is 4.52. The number of nitrogens with two attached hydrogens (primary N) is 1. The second kappa shape index (κ2) is 5.82. The zero-order valence-electron chi connectivity index (χ0n) is 12.0. The van der Waals surface area contributed by atoms with Crippen LogP contribution < -0.4 is 5.73 Å². The summed E-state index contributed by atoms with van der Waals surface area (Å²) in [5.41, 5.74) is 5.95. The maximum atomic E-state index is 12.6. The standard InChI is InChI=1S/C16H28N2O/c17-14-8-6-12(7-9-14)11-16(19)18-10-2-4-13-3-1-5-15(13)18/h12-15H,1-11,17H2. The van der Waals surface area contributed by atoms with E-state index in [-0.39, 0.29) is 0 Å². The van der Waals surface area contributed by atoms with Gasteiger partial charge in [-0.3, -0.25) is 4.79 Å². The van der Waals surface area contributed by atoms with Crippen LogP contribution in [0.2, 0.25) is 0 Å². The van der Waals surface area contributed by atoms with E-state index in [0.29, 0.717) is 23.9 Å². The van der Waals surface area contributed by atoms with Crippen molar-refractivity contribution < 1.29 is 4.79 Å². The van der Waals surface area contributed by atoms with E-state index in [9.17, 15) is 4.79 Å². The molecular weight excluding hydrogens is 236 g/mol. The lowest BCUT2D eigenvalue weighted by molar-refractivity contribution is -0.137. The minimum absolute atomic E-state index is 0.389. The van der Waals surface area contributed by atoms with Gasteiger partial charge in [0.25, 0.3) is 0 Å². The van der Waals surface area contributed by atoms with E-state index >= 15 is 0 Å². The van der Waals surface area contributed by atoms with E-state index < -0.39 is 0 Å². The summed E-state index contributed by atoms with van der Waals surface area (Å²) in [6, 6.07) is 0.979. The number of fused-ring (bicyclic) bond motifs is 1. The summed E-state index contributed by atoms with van der Waals surface area (Å²) in [5.74, 6) is 1.86. The molecule has 2 aliphatic carbocycles. The van der Waals surface area contributed by atoms with Crippen LogP contribution in [-0.4, -0.2) is 29.4 Å². The van der Waals surface area contributed by atoms with Crippen LogP contribution in [0.4, 0.5) is 0 Å². The van der Waals surface area contributed by atoms with Gasteiger partial charge >= 0.3 is 0 Å². The summed E-state index contributed by atoms with van der Waals surface area (Å²) in [6.07, 6.45) is 11.9. The Morgan fingerprint density at radius 1 is 1.00 bits per heavy atom. The molecular formula is C16H28N2O. The molecule has 3 aliphatic rings. The number of carbonyl (C=O) groups excluding carboxylic acids is 1. The molecule has 2 atom stereocenters. The molecule has 3 fully saturated rings. The molecule has 0 spiro atoms. The number of hydrogen-bond donors (Lipinski definition) is 1. The Morgan fingerprint density at radius 3 is 2.53 bits per heavy atom. The molecule has 1 aliphatic heterocycles. The molecule has 0 bridgehead atoms. The predicted octanol–water partition coefficient (Wildman–Crippen LogP) is 2.69. The molecule has 0 aromatic heterocycles. The van der Waals surface area contributed by atoms with Crippen molar-refractivity contribution >= 4 is 5.91 Å². The van der Waals surface area contributed by atoms with Crippen molar-refractivity contribution in [3.05, 3.63) is 0 Å². The lowest BCUT2D eigenvalue weighted by Gasteiger charge is -2.39. The first-order chi connectivity index (χ1) is 9.24. The minimum atomic E-state index is 0.389. The Morgan fingerprint density at radius 2 is 1.74 bits per heavy atom. The molecule has 3 nitrogen and oxygen atoms in total. The Hall–Kier alpha value is -0.570. The fraction of sp³-hybridized carbons (Fsp3) is 0.938. The van der Waals surface area contributed by atoms with Crippen LogP contribution in [0, 0.1) is 11.8 Å². The highest BCUT2D eigenvalue weighted by atomic mass is 16.2. The van der Waals surface area contributed by atoms with Crippen molar-refractivity contribution in [2.24, 2.45) is 17.6 Å². The predicted molar refractivity (Wildman–Crippen MR) is 76.6 cm³/mol. The smallest absolute Gasteiger partial charge is 0.223 e. The van der Waals surface area contributed by atoms with Crippen molar-refractivity contribution in [1.29, 1.82) is 0 Å². The SMILES string of the molecule is NC1CCC(CC(=O)N2CCCC3CCCC32)CC1. The van der Waals surface area contributed by atoms with Crippen LogP contribution in [0.3, 0.4) is 0 Å². The molecule has 3 rings (SSSR count). The molecule has 1 amide bonds. The molecule has 19 heavy (non-hydrogen) atoms. The van der Waals surface area contributed by atoms with Crippen LogP contribution in [0.25, 0.3) is 0 Å².